The van der Waals surface area contributed by atoms with E-state index in [0.29, 0.717) is 12.1 Å². The first-order valence-electron chi connectivity index (χ1n) is 9.87. The zero-order valence-corrected chi connectivity index (χ0v) is 17.8. The van der Waals surface area contributed by atoms with E-state index in [4.69, 9.17) is 0 Å². The molecule has 4 aromatic rings. The summed E-state index contributed by atoms with van der Waals surface area (Å²) in [6, 6.07) is 20.5. The molecule has 152 valence electrons. The van der Waals surface area contributed by atoms with Crippen LogP contribution in [0.3, 0.4) is 0 Å². The van der Waals surface area contributed by atoms with Crippen LogP contribution in [0.1, 0.15) is 21.5 Å². The number of rotatable bonds is 6. The molecule has 2 N–H and O–H groups in total. The molecular weight excluding hydrogens is 395 g/mol. The molecule has 5 heteroatoms. The number of halogens is 1. The standard InChI is InChI=1S/C25H23FN2OS/c1-16-13-17(2)15-19(14-16)25(29)27-11-12-30-24-21-5-3-4-6-22(21)28-23(24)18-7-9-20(26)10-8-18/h3-10,13-15,28H,11-12H2,1-2H3,(H,27,29). The van der Waals surface area contributed by atoms with E-state index in [1.165, 1.54) is 12.1 Å². The van der Waals surface area contributed by atoms with Crippen LogP contribution >= 0.6 is 11.8 Å². The molecule has 0 bridgehead atoms. The second-order valence-corrected chi connectivity index (χ2v) is 8.47. The average molecular weight is 419 g/mol. The first-order valence-corrected chi connectivity index (χ1v) is 10.9. The van der Waals surface area contributed by atoms with E-state index in [1.54, 1.807) is 23.9 Å². The van der Waals surface area contributed by atoms with Crippen molar-refractivity contribution in [2.75, 3.05) is 12.3 Å². The molecule has 0 radical (unpaired) electrons. The Hall–Kier alpha value is -3.05. The maximum Gasteiger partial charge on any atom is 0.251 e. The van der Waals surface area contributed by atoms with Crippen molar-refractivity contribution in [1.82, 2.24) is 10.3 Å². The summed E-state index contributed by atoms with van der Waals surface area (Å²) in [7, 11) is 0. The van der Waals surface area contributed by atoms with E-state index in [1.807, 2.05) is 44.2 Å². The lowest BCUT2D eigenvalue weighted by Gasteiger charge is -2.08. The van der Waals surface area contributed by atoms with Gasteiger partial charge >= 0.3 is 0 Å². The molecule has 30 heavy (non-hydrogen) atoms. The van der Waals surface area contributed by atoms with Crippen LogP contribution < -0.4 is 5.32 Å². The summed E-state index contributed by atoms with van der Waals surface area (Å²) in [5, 5.41) is 4.14. The number of H-pyrrole nitrogens is 1. The minimum Gasteiger partial charge on any atom is -0.354 e. The molecule has 0 aliphatic carbocycles. The van der Waals surface area contributed by atoms with Gasteiger partial charge in [0, 0.05) is 33.7 Å². The van der Waals surface area contributed by atoms with Crippen LogP contribution in [0.25, 0.3) is 22.2 Å². The normalized spacial score (nSPS) is 11.0. The van der Waals surface area contributed by atoms with E-state index in [-0.39, 0.29) is 11.7 Å². The third kappa shape index (κ3) is 4.41. The number of carbonyl (C=O) groups excluding carboxylic acids is 1. The number of aromatic nitrogens is 1. The highest BCUT2D eigenvalue weighted by Crippen LogP contribution is 2.37. The summed E-state index contributed by atoms with van der Waals surface area (Å²) in [4.78, 5) is 17.0. The smallest absolute Gasteiger partial charge is 0.251 e. The number of benzene rings is 3. The van der Waals surface area contributed by atoms with Crippen LogP contribution in [-0.4, -0.2) is 23.2 Å². The summed E-state index contributed by atoms with van der Waals surface area (Å²) in [5.74, 6) is 0.422. The number of nitrogens with one attached hydrogen (secondary N) is 2. The third-order valence-electron chi connectivity index (χ3n) is 4.91. The summed E-state index contributed by atoms with van der Waals surface area (Å²) < 4.78 is 13.4. The Bertz CT molecular complexity index is 1180. The number of fused-ring (bicyclic) bond motifs is 1. The largest absolute Gasteiger partial charge is 0.354 e. The number of hydrogen-bond donors (Lipinski definition) is 2. The lowest BCUT2D eigenvalue weighted by molar-refractivity contribution is 0.0956. The van der Waals surface area contributed by atoms with Gasteiger partial charge in [-0.15, -0.1) is 11.8 Å². The Morgan fingerprint density at radius 3 is 2.43 bits per heavy atom. The highest BCUT2D eigenvalue weighted by atomic mass is 32.2. The van der Waals surface area contributed by atoms with Crippen molar-refractivity contribution in [2.24, 2.45) is 0 Å². The van der Waals surface area contributed by atoms with Gasteiger partial charge in [-0.2, -0.15) is 0 Å². The number of carbonyl (C=O) groups is 1. The Balaban J connectivity index is 1.49. The Kier molecular flexibility index (Phi) is 5.91. The topological polar surface area (TPSA) is 44.9 Å². The van der Waals surface area contributed by atoms with E-state index in [2.05, 4.69) is 22.4 Å². The maximum absolute atomic E-state index is 13.4. The summed E-state index contributed by atoms with van der Waals surface area (Å²) in [6.07, 6.45) is 0. The van der Waals surface area contributed by atoms with Crippen LogP contribution in [-0.2, 0) is 0 Å². The van der Waals surface area contributed by atoms with Gasteiger partial charge in [-0.3, -0.25) is 4.79 Å². The first kappa shape index (κ1) is 20.2. The SMILES string of the molecule is Cc1cc(C)cc(C(=O)NCCSc2c(-c3ccc(F)cc3)[nH]c3ccccc23)c1. The highest BCUT2D eigenvalue weighted by molar-refractivity contribution is 7.99. The van der Waals surface area contributed by atoms with E-state index >= 15 is 0 Å². The molecule has 4 rings (SSSR count). The van der Waals surface area contributed by atoms with Crippen molar-refractivity contribution >= 4 is 28.6 Å². The highest BCUT2D eigenvalue weighted by Gasteiger charge is 2.14. The van der Waals surface area contributed by atoms with Crippen LogP contribution in [0.5, 0.6) is 0 Å². The summed E-state index contributed by atoms with van der Waals surface area (Å²) in [5.41, 5.74) is 5.81. The minimum absolute atomic E-state index is 0.0555. The number of hydrogen-bond acceptors (Lipinski definition) is 2. The van der Waals surface area contributed by atoms with Crippen LogP contribution in [0.4, 0.5) is 4.39 Å². The Morgan fingerprint density at radius 1 is 1.00 bits per heavy atom. The Morgan fingerprint density at radius 2 is 1.70 bits per heavy atom. The van der Waals surface area contributed by atoms with E-state index < -0.39 is 0 Å². The molecule has 1 aromatic heterocycles. The molecule has 0 atom stereocenters. The monoisotopic (exact) mass is 418 g/mol. The van der Waals surface area contributed by atoms with Gasteiger partial charge in [0.15, 0.2) is 0 Å². The van der Waals surface area contributed by atoms with Gasteiger partial charge in [-0.1, -0.05) is 35.4 Å². The number of thioether (sulfide) groups is 1. The van der Waals surface area contributed by atoms with Gasteiger partial charge in [0.05, 0.1) is 5.69 Å². The van der Waals surface area contributed by atoms with E-state index in [9.17, 15) is 9.18 Å². The van der Waals surface area contributed by atoms with Gasteiger partial charge in [-0.25, -0.2) is 4.39 Å². The molecule has 0 fully saturated rings. The second kappa shape index (κ2) is 8.76. The van der Waals surface area contributed by atoms with Crippen LogP contribution in [0.2, 0.25) is 0 Å². The quantitative estimate of drug-likeness (QED) is 0.293. The Labute approximate surface area is 179 Å². The third-order valence-corrected chi connectivity index (χ3v) is 6.03. The molecule has 0 aliphatic rings. The van der Waals surface area contributed by atoms with Gasteiger partial charge in [0.1, 0.15) is 5.82 Å². The molecule has 1 heterocycles. The zero-order valence-electron chi connectivity index (χ0n) is 17.0. The first-order chi connectivity index (χ1) is 14.5. The lowest BCUT2D eigenvalue weighted by atomic mass is 10.1. The molecule has 3 aromatic carbocycles. The number of aryl methyl sites for hydroxylation is 2. The molecule has 1 amide bonds. The molecular formula is C25H23FN2OS. The van der Waals surface area contributed by atoms with Gasteiger partial charge in [0.2, 0.25) is 0 Å². The summed E-state index contributed by atoms with van der Waals surface area (Å²) in [6.45, 7) is 4.54. The van der Waals surface area contributed by atoms with Crippen molar-refractivity contribution in [3.05, 3.63) is 89.2 Å². The van der Waals surface area contributed by atoms with Crippen molar-refractivity contribution in [3.63, 3.8) is 0 Å². The van der Waals surface area contributed by atoms with Crippen molar-refractivity contribution in [2.45, 2.75) is 18.7 Å². The van der Waals surface area contributed by atoms with Crippen molar-refractivity contribution in [1.29, 1.82) is 0 Å². The van der Waals surface area contributed by atoms with Crippen molar-refractivity contribution in [3.8, 4) is 11.3 Å². The fourth-order valence-corrected chi connectivity index (χ4v) is 4.67. The minimum atomic E-state index is -0.252. The number of para-hydroxylation sites is 1. The van der Waals surface area contributed by atoms with Crippen LogP contribution in [0, 0.1) is 19.7 Å². The molecule has 0 unspecified atom stereocenters. The van der Waals surface area contributed by atoms with Gasteiger partial charge in [-0.05, 0) is 61.9 Å². The second-order valence-electron chi connectivity index (χ2n) is 7.36. The predicted molar refractivity (Wildman–Crippen MR) is 123 cm³/mol. The number of aromatic amines is 1. The fourth-order valence-electron chi connectivity index (χ4n) is 3.61. The molecule has 0 saturated heterocycles. The van der Waals surface area contributed by atoms with Gasteiger partial charge < -0.3 is 10.3 Å². The van der Waals surface area contributed by atoms with Crippen molar-refractivity contribution < 1.29 is 9.18 Å². The fraction of sp³-hybridized carbons (Fsp3) is 0.160. The van der Waals surface area contributed by atoms with E-state index in [0.717, 1.165) is 43.9 Å². The molecule has 0 saturated carbocycles. The van der Waals surface area contributed by atoms with Crippen LogP contribution in [0.15, 0.2) is 71.6 Å². The predicted octanol–water partition coefficient (Wildman–Crippen LogP) is 6.11. The summed E-state index contributed by atoms with van der Waals surface area (Å²) >= 11 is 1.69. The lowest BCUT2D eigenvalue weighted by Crippen LogP contribution is -2.25. The average Bonchev–Trinajstić information content (AvgIpc) is 3.09. The van der Waals surface area contributed by atoms with Gasteiger partial charge in [0.25, 0.3) is 5.91 Å². The maximum atomic E-state index is 13.4. The molecule has 3 nitrogen and oxygen atoms in total. The molecule has 0 spiro atoms. The zero-order chi connectivity index (χ0) is 21.1. The molecule has 0 aliphatic heterocycles. The number of amides is 1.